The molecule has 0 spiro atoms. The average Bonchev–Trinajstić information content (AvgIpc) is 2.78. The third-order valence-corrected chi connectivity index (χ3v) is 5.04. The van der Waals surface area contributed by atoms with Crippen LogP contribution in [0.4, 0.5) is 0 Å². The van der Waals surface area contributed by atoms with Crippen molar-refractivity contribution in [2.24, 2.45) is 5.16 Å². The highest BCUT2D eigenvalue weighted by molar-refractivity contribution is 6.55. The second-order valence-electron chi connectivity index (χ2n) is 7.01. The van der Waals surface area contributed by atoms with Crippen molar-refractivity contribution in [3.05, 3.63) is 69.7 Å². The first-order chi connectivity index (χ1) is 15.0. The van der Waals surface area contributed by atoms with Crippen molar-refractivity contribution in [2.45, 2.75) is 46.5 Å². The van der Waals surface area contributed by atoms with Crippen LogP contribution in [0.1, 0.15) is 50.3 Å². The van der Waals surface area contributed by atoms with Crippen LogP contribution >= 0.6 is 23.2 Å². The largest absolute Gasteiger partial charge is 0.493 e. The molecule has 2 aromatic rings. The summed E-state index contributed by atoms with van der Waals surface area (Å²) in [6.45, 7) is 7.71. The third-order valence-electron chi connectivity index (χ3n) is 4.74. The molecule has 0 saturated heterocycles. The van der Waals surface area contributed by atoms with Gasteiger partial charge in [-0.15, -0.1) is 0 Å². The van der Waals surface area contributed by atoms with Crippen LogP contribution < -0.4 is 9.47 Å². The molecule has 4 nitrogen and oxygen atoms in total. The Labute approximate surface area is 195 Å². The predicted molar refractivity (Wildman–Crippen MR) is 130 cm³/mol. The van der Waals surface area contributed by atoms with Gasteiger partial charge in [0.05, 0.1) is 12.3 Å². The van der Waals surface area contributed by atoms with Gasteiger partial charge in [-0.1, -0.05) is 72.5 Å². The van der Waals surface area contributed by atoms with Crippen LogP contribution in [-0.4, -0.2) is 25.5 Å². The summed E-state index contributed by atoms with van der Waals surface area (Å²) >= 11 is 11.3. The zero-order valence-electron chi connectivity index (χ0n) is 18.5. The van der Waals surface area contributed by atoms with Crippen LogP contribution in [-0.2, 0) is 17.7 Å². The normalized spacial score (nSPS) is 11.2. The van der Waals surface area contributed by atoms with Gasteiger partial charge >= 0.3 is 0 Å². The van der Waals surface area contributed by atoms with Crippen LogP contribution in [0, 0.1) is 0 Å². The first-order valence-electron chi connectivity index (χ1n) is 10.7. The van der Waals surface area contributed by atoms with E-state index in [1.807, 2.05) is 49.4 Å². The number of aryl methyl sites for hydroxylation is 2. The minimum Gasteiger partial charge on any atom is -0.493 e. The van der Waals surface area contributed by atoms with Crippen molar-refractivity contribution in [3.63, 3.8) is 0 Å². The van der Waals surface area contributed by atoms with Crippen LogP contribution in [0.2, 0.25) is 0 Å². The molecular weight excluding hydrogens is 433 g/mol. The van der Waals surface area contributed by atoms with Crippen molar-refractivity contribution in [3.8, 4) is 11.5 Å². The fourth-order valence-corrected chi connectivity index (χ4v) is 3.16. The summed E-state index contributed by atoms with van der Waals surface area (Å²) in [5.41, 5.74) is 4.21. The van der Waals surface area contributed by atoms with Crippen molar-refractivity contribution in [1.82, 2.24) is 0 Å². The molecule has 6 heteroatoms. The molecule has 0 aliphatic heterocycles. The summed E-state index contributed by atoms with van der Waals surface area (Å²) in [5, 5.41) is 4.19. The minimum absolute atomic E-state index is 0.205. The minimum atomic E-state index is 0.205. The number of hydrogen-bond acceptors (Lipinski definition) is 4. The summed E-state index contributed by atoms with van der Waals surface area (Å²) < 4.78 is 12.1. The molecule has 0 atom stereocenters. The van der Waals surface area contributed by atoms with E-state index in [1.54, 1.807) is 6.08 Å². The highest BCUT2D eigenvalue weighted by Gasteiger charge is 2.11. The number of hydrogen-bond donors (Lipinski definition) is 0. The molecule has 0 bridgehead atoms. The Morgan fingerprint density at radius 1 is 0.935 bits per heavy atom. The molecule has 0 unspecified atom stereocenters. The molecule has 0 heterocycles. The van der Waals surface area contributed by atoms with Crippen molar-refractivity contribution >= 4 is 28.9 Å². The van der Waals surface area contributed by atoms with Gasteiger partial charge in [-0.3, -0.25) is 0 Å². The predicted octanol–water partition coefficient (Wildman–Crippen LogP) is 7.11. The van der Waals surface area contributed by atoms with E-state index in [0.29, 0.717) is 19.8 Å². The van der Waals surface area contributed by atoms with E-state index in [-0.39, 0.29) is 4.49 Å². The van der Waals surface area contributed by atoms with Gasteiger partial charge in [0.15, 0.2) is 0 Å². The highest BCUT2D eigenvalue weighted by Crippen LogP contribution is 2.31. The summed E-state index contributed by atoms with van der Waals surface area (Å²) in [6, 6.07) is 14.1. The lowest BCUT2D eigenvalue weighted by atomic mass is 10.0. The lowest BCUT2D eigenvalue weighted by Crippen LogP contribution is -2.05. The van der Waals surface area contributed by atoms with Crippen LogP contribution in [0.5, 0.6) is 11.5 Å². The number of oxime groups is 1. The van der Waals surface area contributed by atoms with Gasteiger partial charge in [-0.05, 0) is 67.5 Å². The van der Waals surface area contributed by atoms with Crippen LogP contribution in [0.3, 0.4) is 0 Å². The smallest absolute Gasteiger partial charge is 0.125 e. The van der Waals surface area contributed by atoms with E-state index in [1.165, 1.54) is 0 Å². The maximum Gasteiger partial charge on any atom is 0.125 e. The fourth-order valence-electron chi connectivity index (χ4n) is 3.03. The standard InChI is InChI=1S/C25H31Cl2NO3/c1-4-20-17-23(29-16-13-24(26)27)18-21(5-2)25(20)30-14-9-10-15-31-28-19(3)22-11-7-6-8-12-22/h6-8,11-13,17-18H,4-5,9-10,14-16H2,1-3H3. The van der Waals surface area contributed by atoms with Crippen LogP contribution in [0.15, 0.2) is 58.2 Å². The lowest BCUT2D eigenvalue weighted by molar-refractivity contribution is 0.135. The molecule has 168 valence electrons. The third kappa shape index (κ3) is 8.84. The van der Waals surface area contributed by atoms with Crippen molar-refractivity contribution in [1.29, 1.82) is 0 Å². The zero-order chi connectivity index (χ0) is 22.5. The van der Waals surface area contributed by atoms with Gasteiger partial charge in [0.1, 0.15) is 29.2 Å². The van der Waals surface area contributed by atoms with Gasteiger partial charge < -0.3 is 14.3 Å². The van der Waals surface area contributed by atoms with E-state index in [9.17, 15) is 0 Å². The molecule has 0 N–H and O–H groups in total. The molecule has 0 aliphatic rings. The van der Waals surface area contributed by atoms with Gasteiger partial charge in [-0.25, -0.2) is 0 Å². The van der Waals surface area contributed by atoms with Crippen molar-refractivity contribution in [2.75, 3.05) is 19.8 Å². The average molecular weight is 464 g/mol. The Hall–Kier alpha value is -2.17. The van der Waals surface area contributed by atoms with E-state index in [2.05, 4.69) is 19.0 Å². The maximum absolute atomic E-state index is 6.14. The summed E-state index contributed by atoms with van der Waals surface area (Å²) in [7, 11) is 0. The van der Waals surface area contributed by atoms with E-state index in [4.69, 9.17) is 37.5 Å². The number of benzene rings is 2. The van der Waals surface area contributed by atoms with Gasteiger partial charge in [-0.2, -0.15) is 0 Å². The molecule has 0 aromatic heterocycles. The second kappa shape index (κ2) is 14.0. The molecule has 2 rings (SSSR count). The van der Waals surface area contributed by atoms with E-state index in [0.717, 1.165) is 59.6 Å². The van der Waals surface area contributed by atoms with Gasteiger partial charge in [0, 0.05) is 0 Å². The topological polar surface area (TPSA) is 40.0 Å². The fraction of sp³-hybridized carbons (Fsp3) is 0.400. The molecule has 0 saturated carbocycles. The van der Waals surface area contributed by atoms with Crippen LogP contribution in [0.25, 0.3) is 0 Å². The Kier molecular flexibility index (Phi) is 11.3. The number of rotatable bonds is 13. The zero-order valence-corrected chi connectivity index (χ0v) is 20.0. The first kappa shape index (κ1) is 25.1. The summed E-state index contributed by atoms with van der Waals surface area (Å²) in [4.78, 5) is 5.45. The molecule has 0 fully saturated rings. The van der Waals surface area contributed by atoms with Gasteiger partial charge in [0.25, 0.3) is 0 Å². The molecule has 31 heavy (non-hydrogen) atoms. The molecule has 0 aliphatic carbocycles. The Morgan fingerprint density at radius 2 is 1.58 bits per heavy atom. The summed E-state index contributed by atoms with van der Waals surface area (Å²) in [6.07, 6.45) is 5.12. The van der Waals surface area contributed by atoms with Gasteiger partial charge in [0.2, 0.25) is 0 Å². The number of nitrogens with zero attached hydrogens (tertiary/aromatic N) is 1. The lowest BCUT2D eigenvalue weighted by Gasteiger charge is -2.17. The Balaban J connectivity index is 1.82. The number of ether oxygens (including phenoxy) is 2. The summed E-state index contributed by atoms with van der Waals surface area (Å²) in [5.74, 6) is 1.76. The Morgan fingerprint density at radius 3 is 2.19 bits per heavy atom. The van der Waals surface area contributed by atoms with E-state index >= 15 is 0 Å². The second-order valence-corrected chi connectivity index (χ2v) is 8.02. The van der Waals surface area contributed by atoms with Crippen molar-refractivity contribution < 1.29 is 14.3 Å². The highest BCUT2D eigenvalue weighted by atomic mass is 35.5. The quantitative estimate of drug-likeness (QED) is 0.180. The molecule has 0 radical (unpaired) electrons. The van der Waals surface area contributed by atoms with E-state index < -0.39 is 0 Å². The molecule has 0 amide bonds. The maximum atomic E-state index is 6.14. The SMILES string of the molecule is CCc1cc(OCC=C(Cl)Cl)cc(CC)c1OCCCCON=C(C)c1ccccc1. The number of halogens is 2. The monoisotopic (exact) mass is 463 g/mol. The number of unbranched alkanes of at least 4 members (excludes halogenated alkanes) is 1. The molecule has 2 aromatic carbocycles. The Bertz CT molecular complexity index is 837. The molecular formula is C25H31Cl2NO3. The first-order valence-corrected chi connectivity index (χ1v) is 11.4.